The molecule has 6 heteroatoms. The zero-order valence-corrected chi connectivity index (χ0v) is 15.7. The highest BCUT2D eigenvalue weighted by Gasteiger charge is 2.04. The maximum Gasteiger partial charge on any atom is 0.277 e. The van der Waals surface area contributed by atoms with Crippen molar-refractivity contribution in [3.63, 3.8) is 0 Å². The normalized spacial score (nSPS) is 10.8. The van der Waals surface area contributed by atoms with Gasteiger partial charge in [0, 0.05) is 10.0 Å². The van der Waals surface area contributed by atoms with Crippen molar-refractivity contribution < 1.29 is 13.9 Å². The van der Waals surface area contributed by atoms with Crippen molar-refractivity contribution in [1.82, 2.24) is 5.43 Å². The van der Waals surface area contributed by atoms with Gasteiger partial charge in [-0.15, -0.1) is 0 Å². The molecule has 0 spiro atoms. The number of furan rings is 1. The Hall–Kier alpha value is -2.86. The number of benzene rings is 2. The average Bonchev–Trinajstić information content (AvgIpc) is 3.09. The van der Waals surface area contributed by atoms with Crippen LogP contribution in [-0.4, -0.2) is 18.7 Å². The lowest BCUT2D eigenvalue weighted by atomic mass is 10.2. The van der Waals surface area contributed by atoms with Crippen molar-refractivity contribution in [3.05, 3.63) is 76.5 Å². The van der Waals surface area contributed by atoms with Crippen LogP contribution in [0.4, 0.5) is 0 Å². The Morgan fingerprint density at radius 3 is 2.77 bits per heavy atom. The van der Waals surface area contributed by atoms with Gasteiger partial charge in [-0.1, -0.05) is 40.2 Å². The van der Waals surface area contributed by atoms with Gasteiger partial charge in [-0.25, -0.2) is 5.43 Å². The summed E-state index contributed by atoms with van der Waals surface area (Å²) in [6, 6.07) is 18.9. The number of hydrazone groups is 1. The van der Waals surface area contributed by atoms with Crippen molar-refractivity contribution in [2.24, 2.45) is 5.10 Å². The molecule has 3 rings (SSSR count). The molecule has 1 aromatic heterocycles. The highest BCUT2D eigenvalue weighted by molar-refractivity contribution is 9.10. The van der Waals surface area contributed by atoms with Gasteiger partial charge in [-0.3, -0.25) is 4.79 Å². The lowest BCUT2D eigenvalue weighted by Crippen LogP contribution is -2.24. The van der Waals surface area contributed by atoms with E-state index in [4.69, 9.17) is 9.15 Å². The Morgan fingerprint density at radius 1 is 1.19 bits per heavy atom. The van der Waals surface area contributed by atoms with Gasteiger partial charge in [-0.2, -0.15) is 5.10 Å². The van der Waals surface area contributed by atoms with E-state index < -0.39 is 0 Å². The molecule has 0 bridgehead atoms. The average molecular weight is 413 g/mol. The number of rotatable bonds is 6. The predicted molar refractivity (Wildman–Crippen MR) is 104 cm³/mol. The van der Waals surface area contributed by atoms with E-state index >= 15 is 0 Å². The number of carbonyl (C=O) groups excluding carboxylic acids is 1. The van der Waals surface area contributed by atoms with Gasteiger partial charge in [0.15, 0.2) is 6.61 Å². The zero-order chi connectivity index (χ0) is 18.4. The maximum absolute atomic E-state index is 11.8. The highest BCUT2D eigenvalue weighted by atomic mass is 79.9. The van der Waals surface area contributed by atoms with Crippen LogP contribution in [-0.2, 0) is 4.79 Å². The molecular weight excluding hydrogens is 396 g/mol. The third-order valence-corrected chi connectivity index (χ3v) is 4.02. The van der Waals surface area contributed by atoms with Crippen LogP contribution in [0.5, 0.6) is 5.75 Å². The molecule has 5 nitrogen and oxygen atoms in total. The molecule has 0 saturated carbocycles. The molecule has 1 amide bonds. The molecule has 26 heavy (non-hydrogen) atoms. The summed E-state index contributed by atoms with van der Waals surface area (Å²) in [4.78, 5) is 11.8. The quantitative estimate of drug-likeness (QED) is 0.477. The van der Waals surface area contributed by atoms with Crippen molar-refractivity contribution >= 4 is 28.1 Å². The minimum Gasteiger partial charge on any atom is -0.484 e. The summed E-state index contributed by atoms with van der Waals surface area (Å²) in [5.41, 5.74) is 4.44. The lowest BCUT2D eigenvalue weighted by molar-refractivity contribution is -0.123. The van der Waals surface area contributed by atoms with Crippen molar-refractivity contribution in [2.45, 2.75) is 6.92 Å². The van der Waals surface area contributed by atoms with Crippen LogP contribution < -0.4 is 10.2 Å². The van der Waals surface area contributed by atoms with Crippen molar-refractivity contribution in [3.8, 4) is 17.1 Å². The third kappa shape index (κ3) is 5.07. The van der Waals surface area contributed by atoms with Gasteiger partial charge in [0.25, 0.3) is 5.91 Å². The second-order valence-corrected chi connectivity index (χ2v) is 6.52. The van der Waals surface area contributed by atoms with E-state index in [1.807, 2.05) is 55.5 Å². The fourth-order valence-electron chi connectivity index (χ4n) is 2.25. The van der Waals surface area contributed by atoms with Gasteiger partial charge in [-0.05, 0) is 48.9 Å². The molecular formula is C20H17BrN2O3. The number of halogens is 1. The summed E-state index contributed by atoms with van der Waals surface area (Å²) >= 11 is 3.40. The highest BCUT2D eigenvalue weighted by Crippen LogP contribution is 2.23. The molecule has 2 aromatic carbocycles. The topological polar surface area (TPSA) is 63.8 Å². The van der Waals surface area contributed by atoms with Crippen LogP contribution in [0, 0.1) is 6.92 Å². The lowest BCUT2D eigenvalue weighted by Gasteiger charge is -2.05. The van der Waals surface area contributed by atoms with Gasteiger partial charge in [0.1, 0.15) is 17.3 Å². The number of amides is 1. The number of carbonyl (C=O) groups is 1. The first kappa shape index (κ1) is 17.9. The minimum absolute atomic E-state index is 0.108. The van der Waals surface area contributed by atoms with Crippen molar-refractivity contribution in [2.75, 3.05) is 6.61 Å². The summed E-state index contributed by atoms with van der Waals surface area (Å²) < 4.78 is 12.1. The first-order valence-electron chi connectivity index (χ1n) is 7.97. The molecule has 0 aliphatic carbocycles. The molecule has 132 valence electrons. The maximum atomic E-state index is 11.8. The van der Waals surface area contributed by atoms with Gasteiger partial charge >= 0.3 is 0 Å². The Balaban J connectivity index is 1.50. The van der Waals surface area contributed by atoms with Gasteiger partial charge < -0.3 is 9.15 Å². The molecule has 1 N–H and O–H groups in total. The number of hydrogen-bond acceptors (Lipinski definition) is 4. The number of nitrogens with zero attached hydrogens (tertiary/aromatic N) is 1. The zero-order valence-electron chi connectivity index (χ0n) is 14.1. The number of hydrogen-bond donors (Lipinski definition) is 1. The number of aryl methyl sites for hydroxylation is 1. The van der Waals surface area contributed by atoms with Crippen LogP contribution in [0.1, 0.15) is 11.3 Å². The second kappa shape index (κ2) is 8.49. The van der Waals surface area contributed by atoms with E-state index in [0.29, 0.717) is 11.5 Å². The van der Waals surface area contributed by atoms with E-state index in [0.717, 1.165) is 21.4 Å². The number of nitrogens with one attached hydrogen (secondary N) is 1. The standard InChI is InChI=1S/C20H17BrN2O3/c1-14-3-2-4-17(11-14)25-13-20(24)23-22-12-18-9-10-19(26-18)15-5-7-16(21)8-6-15/h2-12H,13H2,1H3,(H,23,24)/b22-12-. The Bertz CT molecular complexity index is 917. The smallest absolute Gasteiger partial charge is 0.277 e. The van der Waals surface area contributed by atoms with E-state index in [9.17, 15) is 4.79 Å². The van der Waals surface area contributed by atoms with Gasteiger partial charge in [0.05, 0.1) is 6.21 Å². The molecule has 0 atom stereocenters. The second-order valence-electron chi connectivity index (χ2n) is 5.61. The van der Waals surface area contributed by atoms with Gasteiger partial charge in [0.2, 0.25) is 0 Å². The minimum atomic E-state index is -0.345. The van der Waals surface area contributed by atoms with E-state index in [1.165, 1.54) is 6.21 Å². The Morgan fingerprint density at radius 2 is 2.00 bits per heavy atom. The Kier molecular flexibility index (Phi) is 5.86. The molecule has 0 unspecified atom stereocenters. The Labute approximate surface area is 159 Å². The molecule has 0 radical (unpaired) electrons. The molecule has 0 saturated heterocycles. The summed E-state index contributed by atoms with van der Waals surface area (Å²) in [6.07, 6.45) is 1.45. The summed E-state index contributed by atoms with van der Waals surface area (Å²) in [7, 11) is 0. The summed E-state index contributed by atoms with van der Waals surface area (Å²) in [5, 5.41) is 3.89. The van der Waals surface area contributed by atoms with Crippen LogP contribution in [0.2, 0.25) is 0 Å². The molecule has 0 fully saturated rings. The third-order valence-electron chi connectivity index (χ3n) is 3.50. The monoisotopic (exact) mass is 412 g/mol. The molecule has 0 aliphatic rings. The number of ether oxygens (including phenoxy) is 1. The SMILES string of the molecule is Cc1cccc(OCC(=O)N/N=C\c2ccc(-c3ccc(Br)cc3)o2)c1. The molecule has 0 aliphatic heterocycles. The van der Waals surface area contributed by atoms with Crippen LogP contribution in [0.25, 0.3) is 11.3 Å². The molecule has 1 heterocycles. The summed E-state index contributed by atoms with van der Waals surface area (Å²) in [6.45, 7) is 1.85. The first-order valence-corrected chi connectivity index (χ1v) is 8.76. The largest absolute Gasteiger partial charge is 0.484 e. The van der Waals surface area contributed by atoms with Crippen molar-refractivity contribution in [1.29, 1.82) is 0 Å². The first-order chi connectivity index (χ1) is 12.6. The fraction of sp³-hybridized carbons (Fsp3) is 0.100. The van der Waals surface area contributed by atoms with E-state index in [1.54, 1.807) is 12.1 Å². The van der Waals surface area contributed by atoms with Crippen LogP contribution in [0.15, 0.2) is 74.7 Å². The molecule has 3 aromatic rings. The van der Waals surface area contributed by atoms with E-state index in [-0.39, 0.29) is 12.5 Å². The van der Waals surface area contributed by atoms with Crippen LogP contribution in [0.3, 0.4) is 0 Å². The van der Waals surface area contributed by atoms with E-state index in [2.05, 4.69) is 26.5 Å². The van der Waals surface area contributed by atoms with Crippen LogP contribution >= 0.6 is 15.9 Å². The fourth-order valence-corrected chi connectivity index (χ4v) is 2.51. The predicted octanol–water partition coefficient (Wildman–Crippen LogP) is 4.55. The summed E-state index contributed by atoms with van der Waals surface area (Å²) in [5.74, 6) is 1.58.